The van der Waals surface area contributed by atoms with Crippen LogP contribution in [0.3, 0.4) is 0 Å². The van der Waals surface area contributed by atoms with Gasteiger partial charge in [-0.3, -0.25) is 14.7 Å². The quantitative estimate of drug-likeness (QED) is 0.830. The van der Waals surface area contributed by atoms with Crippen LogP contribution in [-0.2, 0) is 14.3 Å². The molecule has 28 heavy (non-hydrogen) atoms. The van der Waals surface area contributed by atoms with Crippen LogP contribution in [0.2, 0.25) is 0 Å². The molecule has 7 nitrogen and oxygen atoms in total. The maximum absolute atomic E-state index is 13.0. The molecule has 2 heterocycles. The van der Waals surface area contributed by atoms with E-state index < -0.39 is 0 Å². The second kappa shape index (κ2) is 9.01. The Kier molecular flexibility index (Phi) is 6.46. The van der Waals surface area contributed by atoms with Gasteiger partial charge in [0.1, 0.15) is 6.61 Å². The van der Waals surface area contributed by atoms with E-state index in [1.54, 1.807) is 9.80 Å². The molecule has 0 bridgehead atoms. The molecule has 1 aromatic carbocycles. The Balaban J connectivity index is 1.59. The normalized spacial score (nSPS) is 16.0. The van der Waals surface area contributed by atoms with Crippen molar-refractivity contribution in [2.24, 2.45) is 5.92 Å². The van der Waals surface area contributed by atoms with Crippen molar-refractivity contribution in [3.05, 3.63) is 42.1 Å². The molecule has 2 amide bonds. The number of amides is 2. The molecule has 0 saturated carbocycles. The number of H-pyrrole nitrogens is 1. The average molecular weight is 384 g/mol. The highest BCUT2D eigenvalue weighted by Gasteiger charge is 2.31. The zero-order valence-electron chi connectivity index (χ0n) is 16.7. The standard InChI is InChI=1S/C21H28N4O3/c1-15(18-13-19(23-22-18)16-7-5-4-6-8-16)24(2)21(27)17-9-11-25(12-10-17)20(26)14-28-3/h4-8,13,15,17H,9-12,14H2,1-3H3,(H,22,23)/t15-/m0/s1. The smallest absolute Gasteiger partial charge is 0.248 e. The first-order valence-corrected chi connectivity index (χ1v) is 9.65. The van der Waals surface area contributed by atoms with E-state index in [0.717, 1.165) is 17.0 Å². The summed E-state index contributed by atoms with van der Waals surface area (Å²) >= 11 is 0. The molecule has 1 aliphatic rings. The molecule has 1 N–H and O–H groups in total. The summed E-state index contributed by atoms with van der Waals surface area (Å²) in [5.41, 5.74) is 2.81. The number of nitrogens with one attached hydrogen (secondary N) is 1. The summed E-state index contributed by atoms with van der Waals surface area (Å²) in [6, 6.07) is 11.8. The Morgan fingerprint density at radius 1 is 1.29 bits per heavy atom. The number of aromatic amines is 1. The molecule has 2 aromatic rings. The number of likely N-dealkylation sites (tertiary alicyclic amines) is 1. The van der Waals surface area contributed by atoms with Gasteiger partial charge in [-0.1, -0.05) is 30.3 Å². The van der Waals surface area contributed by atoms with Gasteiger partial charge in [0, 0.05) is 38.7 Å². The van der Waals surface area contributed by atoms with Crippen LogP contribution in [0.25, 0.3) is 11.3 Å². The van der Waals surface area contributed by atoms with Crippen molar-refractivity contribution in [3.8, 4) is 11.3 Å². The van der Waals surface area contributed by atoms with Gasteiger partial charge >= 0.3 is 0 Å². The van der Waals surface area contributed by atoms with Crippen LogP contribution in [0.5, 0.6) is 0 Å². The lowest BCUT2D eigenvalue weighted by Crippen LogP contribution is -2.45. The first kappa shape index (κ1) is 20.1. The number of carbonyl (C=O) groups is 2. The van der Waals surface area contributed by atoms with Crippen LogP contribution < -0.4 is 0 Å². The van der Waals surface area contributed by atoms with Gasteiger partial charge in [-0.2, -0.15) is 5.10 Å². The zero-order valence-corrected chi connectivity index (χ0v) is 16.7. The molecular formula is C21H28N4O3. The number of piperidine rings is 1. The van der Waals surface area contributed by atoms with Gasteiger partial charge in [0.15, 0.2) is 0 Å². The van der Waals surface area contributed by atoms with E-state index in [4.69, 9.17) is 4.74 Å². The molecule has 1 aromatic heterocycles. The highest BCUT2D eigenvalue weighted by atomic mass is 16.5. The number of hydrogen-bond donors (Lipinski definition) is 1. The molecule has 1 atom stereocenters. The van der Waals surface area contributed by atoms with Crippen molar-refractivity contribution in [1.82, 2.24) is 20.0 Å². The molecular weight excluding hydrogens is 356 g/mol. The van der Waals surface area contributed by atoms with Gasteiger partial charge in [-0.15, -0.1) is 0 Å². The predicted molar refractivity (Wildman–Crippen MR) is 106 cm³/mol. The monoisotopic (exact) mass is 384 g/mol. The first-order valence-electron chi connectivity index (χ1n) is 9.65. The van der Waals surface area contributed by atoms with Crippen LogP contribution in [0.1, 0.15) is 31.5 Å². The first-order chi connectivity index (χ1) is 13.5. The molecule has 3 rings (SSSR count). The minimum atomic E-state index is -0.106. The molecule has 150 valence electrons. The van der Waals surface area contributed by atoms with Crippen LogP contribution >= 0.6 is 0 Å². The third kappa shape index (κ3) is 4.42. The number of nitrogens with zero attached hydrogens (tertiary/aromatic N) is 3. The van der Waals surface area contributed by atoms with E-state index in [2.05, 4.69) is 10.2 Å². The van der Waals surface area contributed by atoms with Gasteiger partial charge in [-0.25, -0.2) is 0 Å². The molecule has 1 fully saturated rings. The van der Waals surface area contributed by atoms with Crippen LogP contribution in [0, 0.1) is 5.92 Å². The second-order valence-electron chi connectivity index (χ2n) is 7.29. The summed E-state index contributed by atoms with van der Waals surface area (Å²) < 4.78 is 4.91. The van der Waals surface area contributed by atoms with Crippen LogP contribution in [0.15, 0.2) is 36.4 Å². The van der Waals surface area contributed by atoms with E-state index in [9.17, 15) is 9.59 Å². The SMILES string of the molecule is COCC(=O)N1CCC(C(=O)N(C)[C@@H](C)c2cc(-c3ccccc3)n[nH]2)CC1. The minimum absolute atomic E-state index is 0.0129. The number of carbonyl (C=O) groups excluding carboxylic acids is 2. The number of ether oxygens (including phenoxy) is 1. The topological polar surface area (TPSA) is 78.5 Å². The number of methoxy groups -OCH3 is 1. The van der Waals surface area contributed by atoms with E-state index in [0.29, 0.717) is 25.9 Å². The van der Waals surface area contributed by atoms with E-state index in [1.807, 2.05) is 50.4 Å². The fourth-order valence-corrected chi connectivity index (χ4v) is 3.59. The zero-order chi connectivity index (χ0) is 20.1. The summed E-state index contributed by atoms with van der Waals surface area (Å²) in [6.45, 7) is 3.29. The summed E-state index contributed by atoms with van der Waals surface area (Å²) in [4.78, 5) is 28.4. The Morgan fingerprint density at radius 3 is 2.61 bits per heavy atom. The summed E-state index contributed by atoms with van der Waals surface area (Å²) in [7, 11) is 3.35. The highest BCUT2D eigenvalue weighted by Crippen LogP contribution is 2.26. The summed E-state index contributed by atoms with van der Waals surface area (Å²) in [6.07, 6.45) is 1.37. The molecule has 1 aliphatic heterocycles. The molecule has 7 heteroatoms. The summed E-state index contributed by atoms with van der Waals surface area (Å²) in [5, 5.41) is 7.46. The van der Waals surface area contributed by atoms with Crippen molar-refractivity contribution in [3.63, 3.8) is 0 Å². The van der Waals surface area contributed by atoms with Gasteiger partial charge < -0.3 is 14.5 Å². The third-order valence-electron chi connectivity index (χ3n) is 5.51. The number of benzene rings is 1. The molecule has 0 radical (unpaired) electrons. The van der Waals surface area contributed by atoms with E-state index in [-0.39, 0.29) is 30.4 Å². The largest absolute Gasteiger partial charge is 0.375 e. The third-order valence-corrected chi connectivity index (χ3v) is 5.51. The molecule has 0 spiro atoms. The van der Waals surface area contributed by atoms with E-state index in [1.165, 1.54) is 7.11 Å². The maximum Gasteiger partial charge on any atom is 0.248 e. The van der Waals surface area contributed by atoms with Crippen molar-refractivity contribution < 1.29 is 14.3 Å². The number of aromatic nitrogens is 2. The predicted octanol–water partition coefficient (Wildman–Crippen LogP) is 2.48. The Bertz CT molecular complexity index is 797. The van der Waals surface area contributed by atoms with Crippen molar-refractivity contribution in [2.45, 2.75) is 25.8 Å². The summed E-state index contributed by atoms with van der Waals surface area (Å²) in [5.74, 6) is 0.0405. The van der Waals surface area contributed by atoms with Crippen LogP contribution in [0.4, 0.5) is 0 Å². The van der Waals surface area contributed by atoms with Gasteiger partial charge in [0.05, 0.1) is 17.4 Å². The Morgan fingerprint density at radius 2 is 1.96 bits per heavy atom. The second-order valence-corrected chi connectivity index (χ2v) is 7.29. The van der Waals surface area contributed by atoms with E-state index >= 15 is 0 Å². The van der Waals surface area contributed by atoms with Crippen molar-refractivity contribution in [1.29, 1.82) is 0 Å². The lowest BCUT2D eigenvalue weighted by atomic mass is 9.94. The lowest BCUT2D eigenvalue weighted by molar-refractivity contribution is -0.142. The van der Waals surface area contributed by atoms with Crippen molar-refractivity contribution in [2.75, 3.05) is 33.9 Å². The highest BCUT2D eigenvalue weighted by molar-refractivity contribution is 5.80. The average Bonchev–Trinajstić information content (AvgIpc) is 3.23. The maximum atomic E-state index is 13.0. The number of hydrogen-bond acceptors (Lipinski definition) is 4. The molecule has 1 saturated heterocycles. The fourth-order valence-electron chi connectivity index (χ4n) is 3.59. The van der Waals surface area contributed by atoms with Gasteiger partial charge in [0.2, 0.25) is 11.8 Å². The van der Waals surface area contributed by atoms with Crippen LogP contribution in [-0.4, -0.2) is 65.7 Å². The van der Waals surface area contributed by atoms with Gasteiger partial charge in [-0.05, 0) is 25.8 Å². The fraction of sp³-hybridized carbons (Fsp3) is 0.476. The Labute approximate surface area is 165 Å². The van der Waals surface area contributed by atoms with Crippen molar-refractivity contribution >= 4 is 11.8 Å². The molecule has 0 aliphatic carbocycles. The minimum Gasteiger partial charge on any atom is -0.375 e. The van der Waals surface area contributed by atoms with Gasteiger partial charge in [0.25, 0.3) is 0 Å². The Hall–Kier alpha value is -2.67. The lowest BCUT2D eigenvalue weighted by Gasteiger charge is -2.34. The molecule has 0 unspecified atom stereocenters. The number of rotatable bonds is 6.